The molecule has 0 saturated heterocycles. The highest BCUT2D eigenvalue weighted by molar-refractivity contribution is 8.00. The van der Waals surface area contributed by atoms with E-state index in [1.807, 2.05) is 6.26 Å². The van der Waals surface area contributed by atoms with Crippen LogP contribution in [0.1, 0.15) is 5.01 Å². The smallest absolute Gasteiger partial charge is 0.229 e. The van der Waals surface area contributed by atoms with Crippen molar-refractivity contribution in [3.63, 3.8) is 0 Å². The van der Waals surface area contributed by atoms with E-state index < -0.39 is 0 Å². The molecule has 1 aromatic rings. The molecule has 0 radical (unpaired) electrons. The molecule has 0 fully saturated rings. The monoisotopic (exact) mass is 217 g/mol. The fourth-order valence-electron chi connectivity index (χ4n) is 0.680. The first-order valence-electron chi connectivity index (χ1n) is 3.70. The summed E-state index contributed by atoms with van der Waals surface area (Å²) in [6.45, 7) is 0. The molecule has 1 amide bonds. The molecule has 1 heterocycles. The molecule has 13 heavy (non-hydrogen) atoms. The van der Waals surface area contributed by atoms with Gasteiger partial charge in [-0.1, -0.05) is 23.1 Å². The van der Waals surface area contributed by atoms with Gasteiger partial charge in [0.1, 0.15) is 5.01 Å². The van der Waals surface area contributed by atoms with Gasteiger partial charge in [-0.15, -0.1) is 10.2 Å². The predicted octanol–water partition coefficient (Wildman–Crippen LogP) is 0.891. The summed E-state index contributed by atoms with van der Waals surface area (Å²) < 4.78 is 0.904. The van der Waals surface area contributed by atoms with Gasteiger partial charge in [-0.3, -0.25) is 4.79 Å². The molecule has 0 unspecified atom stereocenters. The van der Waals surface area contributed by atoms with E-state index in [4.69, 9.17) is 0 Å². The number of aromatic nitrogens is 2. The summed E-state index contributed by atoms with van der Waals surface area (Å²) in [6, 6.07) is 0. The largest absolute Gasteiger partial charge is 0.348 e. The number of amides is 1. The first-order chi connectivity index (χ1) is 6.13. The Labute approximate surface area is 85.3 Å². The van der Waals surface area contributed by atoms with Gasteiger partial charge in [0.25, 0.3) is 0 Å². The third-order valence-corrected chi connectivity index (χ3v) is 3.32. The van der Waals surface area contributed by atoms with Gasteiger partial charge in [0.05, 0.1) is 6.42 Å². The normalized spacial score (nSPS) is 10.1. The van der Waals surface area contributed by atoms with Crippen LogP contribution in [-0.2, 0) is 11.2 Å². The summed E-state index contributed by atoms with van der Waals surface area (Å²) in [5.41, 5.74) is 0. The second kappa shape index (κ2) is 4.57. The highest BCUT2D eigenvalue weighted by atomic mass is 32.2. The molecule has 0 aliphatic rings. The number of hydrogen-bond donors (Lipinski definition) is 0. The van der Waals surface area contributed by atoms with Crippen LogP contribution in [0.5, 0.6) is 0 Å². The lowest BCUT2D eigenvalue weighted by molar-refractivity contribution is -0.127. The molecule has 0 bridgehead atoms. The van der Waals surface area contributed by atoms with Crippen molar-refractivity contribution >= 4 is 29.0 Å². The topological polar surface area (TPSA) is 46.1 Å². The third kappa shape index (κ3) is 2.96. The second-order valence-corrected chi connectivity index (χ2v) is 4.75. The zero-order chi connectivity index (χ0) is 9.84. The van der Waals surface area contributed by atoms with Gasteiger partial charge >= 0.3 is 0 Å². The predicted molar refractivity (Wildman–Crippen MR) is 54.1 cm³/mol. The van der Waals surface area contributed by atoms with E-state index in [0.717, 1.165) is 9.35 Å². The number of carbonyl (C=O) groups is 1. The summed E-state index contributed by atoms with van der Waals surface area (Å²) in [7, 11) is 3.47. The quantitative estimate of drug-likeness (QED) is 0.705. The van der Waals surface area contributed by atoms with Crippen molar-refractivity contribution in [1.82, 2.24) is 15.1 Å². The Bertz CT molecular complexity index is 298. The molecular formula is C7H11N3OS2. The minimum absolute atomic E-state index is 0.0591. The third-order valence-electron chi connectivity index (χ3n) is 1.42. The Balaban J connectivity index is 2.59. The van der Waals surface area contributed by atoms with E-state index in [-0.39, 0.29) is 5.91 Å². The minimum atomic E-state index is 0.0591. The maximum absolute atomic E-state index is 11.3. The van der Waals surface area contributed by atoms with Gasteiger partial charge in [-0.05, 0) is 6.26 Å². The minimum Gasteiger partial charge on any atom is -0.348 e. The molecule has 0 spiro atoms. The standard InChI is InChI=1S/C7H11N3OS2/c1-10(2)6(11)4-5-8-9-7(12-3)13-5/h4H2,1-3H3. The fourth-order valence-corrected chi connectivity index (χ4v) is 1.98. The van der Waals surface area contributed by atoms with Gasteiger partial charge in [-0.2, -0.15) is 0 Å². The Morgan fingerprint density at radius 2 is 2.23 bits per heavy atom. The molecule has 0 aromatic carbocycles. The molecule has 0 aliphatic carbocycles. The lowest BCUT2D eigenvalue weighted by Crippen LogP contribution is -2.23. The zero-order valence-corrected chi connectivity index (χ0v) is 9.41. The molecule has 4 nitrogen and oxygen atoms in total. The van der Waals surface area contributed by atoms with Crippen LogP contribution in [0.4, 0.5) is 0 Å². The van der Waals surface area contributed by atoms with Crippen molar-refractivity contribution in [3.05, 3.63) is 5.01 Å². The lowest BCUT2D eigenvalue weighted by atomic mass is 10.4. The average molecular weight is 217 g/mol. The van der Waals surface area contributed by atoms with E-state index in [1.54, 1.807) is 30.8 Å². The number of thioether (sulfide) groups is 1. The van der Waals surface area contributed by atoms with Gasteiger partial charge in [0.2, 0.25) is 5.91 Å². The first kappa shape index (κ1) is 10.5. The second-order valence-electron chi connectivity index (χ2n) is 2.63. The Morgan fingerprint density at radius 3 is 2.69 bits per heavy atom. The van der Waals surface area contributed by atoms with Crippen LogP contribution in [0, 0.1) is 0 Å². The van der Waals surface area contributed by atoms with Gasteiger partial charge in [0, 0.05) is 14.1 Å². The lowest BCUT2D eigenvalue weighted by Gasteiger charge is -2.07. The summed E-state index contributed by atoms with van der Waals surface area (Å²) in [4.78, 5) is 12.8. The Morgan fingerprint density at radius 1 is 1.54 bits per heavy atom. The highest BCUT2D eigenvalue weighted by Gasteiger charge is 2.09. The number of rotatable bonds is 3. The molecular weight excluding hydrogens is 206 g/mol. The number of nitrogens with zero attached hydrogens (tertiary/aromatic N) is 3. The van der Waals surface area contributed by atoms with Crippen molar-refractivity contribution in [1.29, 1.82) is 0 Å². The zero-order valence-electron chi connectivity index (χ0n) is 7.77. The van der Waals surface area contributed by atoms with Crippen molar-refractivity contribution in [2.75, 3.05) is 20.4 Å². The molecule has 1 aromatic heterocycles. The van der Waals surface area contributed by atoms with E-state index >= 15 is 0 Å². The van der Waals surface area contributed by atoms with Gasteiger partial charge < -0.3 is 4.90 Å². The van der Waals surface area contributed by atoms with Crippen molar-refractivity contribution in [2.45, 2.75) is 10.8 Å². The van der Waals surface area contributed by atoms with Gasteiger partial charge in [0.15, 0.2) is 4.34 Å². The van der Waals surface area contributed by atoms with Gasteiger partial charge in [-0.25, -0.2) is 0 Å². The van der Waals surface area contributed by atoms with Crippen LogP contribution in [0.15, 0.2) is 4.34 Å². The van der Waals surface area contributed by atoms with Crippen LogP contribution in [0.25, 0.3) is 0 Å². The summed E-state index contributed by atoms with van der Waals surface area (Å²) >= 11 is 3.02. The molecule has 0 atom stereocenters. The summed E-state index contributed by atoms with van der Waals surface area (Å²) in [5.74, 6) is 0.0591. The van der Waals surface area contributed by atoms with Crippen LogP contribution in [0.2, 0.25) is 0 Å². The van der Waals surface area contributed by atoms with Crippen LogP contribution < -0.4 is 0 Å². The SMILES string of the molecule is CSc1nnc(CC(=O)N(C)C)s1. The average Bonchev–Trinajstić information content (AvgIpc) is 2.52. The van der Waals surface area contributed by atoms with E-state index in [0.29, 0.717) is 6.42 Å². The number of likely N-dealkylation sites (N-methyl/N-ethyl adjacent to an activating group) is 1. The fraction of sp³-hybridized carbons (Fsp3) is 0.571. The van der Waals surface area contributed by atoms with Crippen LogP contribution in [0.3, 0.4) is 0 Å². The highest BCUT2D eigenvalue weighted by Crippen LogP contribution is 2.19. The molecule has 0 N–H and O–H groups in total. The van der Waals surface area contributed by atoms with Crippen molar-refractivity contribution < 1.29 is 4.79 Å². The van der Waals surface area contributed by atoms with Crippen LogP contribution >= 0.6 is 23.1 Å². The maximum Gasteiger partial charge on any atom is 0.229 e. The van der Waals surface area contributed by atoms with Crippen molar-refractivity contribution in [2.24, 2.45) is 0 Å². The Hall–Kier alpha value is -0.620. The number of carbonyl (C=O) groups excluding carboxylic acids is 1. The molecule has 1 rings (SSSR count). The van der Waals surface area contributed by atoms with Crippen LogP contribution in [-0.4, -0.2) is 41.4 Å². The van der Waals surface area contributed by atoms with E-state index in [9.17, 15) is 4.79 Å². The molecule has 0 aliphatic heterocycles. The molecule has 72 valence electrons. The maximum atomic E-state index is 11.3. The Kier molecular flexibility index (Phi) is 3.68. The number of hydrogen-bond acceptors (Lipinski definition) is 5. The van der Waals surface area contributed by atoms with Crippen molar-refractivity contribution in [3.8, 4) is 0 Å². The summed E-state index contributed by atoms with van der Waals surface area (Å²) in [5, 5.41) is 8.60. The molecule has 6 heteroatoms. The first-order valence-corrected chi connectivity index (χ1v) is 5.74. The van der Waals surface area contributed by atoms with E-state index in [1.165, 1.54) is 11.3 Å². The molecule has 0 saturated carbocycles. The van der Waals surface area contributed by atoms with E-state index in [2.05, 4.69) is 10.2 Å². The summed E-state index contributed by atoms with van der Waals surface area (Å²) in [6.07, 6.45) is 2.29.